The molecule has 5 heterocycles. The number of rotatable bonds is 10. The molecule has 0 spiro atoms. The molecule has 0 radical (unpaired) electrons. The van der Waals surface area contributed by atoms with Crippen LogP contribution in [0.4, 0.5) is 0 Å². The number of aliphatic hydroxyl groups is 3. The van der Waals surface area contributed by atoms with Crippen molar-refractivity contribution in [3.05, 3.63) is 30.6 Å². The molecular weight excluding hydrogens is 789 g/mol. The van der Waals surface area contributed by atoms with E-state index in [2.05, 4.69) is 20.2 Å². The van der Waals surface area contributed by atoms with Crippen LogP contribution in [0.15, 0.2) is 30.6 Å². The average molecular weight is 863 g/mol. The molecule has 17 atom stereocenters. The number of likely N-dealkylation sites (N-methyl/N-ethyl adjacent to an activating group) is 2. The van der Waals surface area contributed by atoms with Crippen LogP contribution in [0.5, 0.6) is 0 Å². The summed E-state index contributed by atoms with van der Waals surface area (Å²) in [6.45, 7) is 16.2. The van der Waals surface area contributed by atoms with Crippen LogP contribution in [-0.2, 0) is 44.5 Å². The van der Waals surface area contributed by atoms with Crippen LogP contribution < -0.4 is 0 Å². The number of nitrogens with zero attached hydrogens (tertiary/aromatic N) is 6. The van der Waals surface area contributed by atoms with Crippen LogP contribution in [0.3, 0.4) is 0 Å². The van der Waals surface area contributed by atoms with Crippen LogP contribution in [0.25, 0.3) is 11.4 Å². The van der Waals surface area contributed by atoms with Crippen molar-refractivity contribution in [2.75, 3.05) is 48.5 Å². The van der Waals surface area contributed by atoms with Crippen LogP contribution in [0.1, 0.15) is 74.7 Å². The van der Waals surface area contributed by atoms with Crippen molar-refractivity contribution in [3.63, 3.8) is 0 Å². The van der Waals surface area contributed by atoms with Gasteiger partial charge in [-0.2, -0.15) is 0 Å². The molecule has 0 aliphatic carbocycles. The number of hydrogen-bond acceptors (Lipinski definition) is 16. The number of cyclic esters (lactones) is 1. The number of carbonyl (C=O) groups is 1. The van der Waals surface area contributed by atoms with Gasteiger partial charge < -0.3 is 58.3 Å². The van der Waals surface area contributed by atoms with Crippen LogP contribution in [0, 0.1) is 23.7 Å². The molecule has 5 rings (SSSR count). The van der Waals surface area contributed by atoms with Gasteiger partial charge in [0, 0.05) is 51.9 Å². The van der Waals surface area contributed by atoms with Gasteiger partial charge in [0.25, 0.3) is 0 Å². The summed E-state index contributed by atoms with van der Waals surface area (Å²) >= 11 is 0. The van der Waals surface area contributed by atoms with Gasteiger partial charge in [0.05, 0.1) is 66.1 Å². The lowest BCUT2D eigenvalue weighted by molar-refractivity contribution is -0.319. The number of carbonyl (C=O) groups excluding carboxylic acids is 1. The van der Waals surface area contributed by atoms with E-state index in [1.807, 2.05) is 78.9 Å². The summed E-state index contributed by atoms with van der Waals surface area (Å²) in [7, 11) is 8.92. The van der Waals surface area contributed by atoms with E-state index >= 15 is 0 Å². The Bertz CT molecular complexity index is 1670. The first-order valence-electron chi connectivity index (χ1n) is 21.8. The maximum atomic E-state index is 14.7. The molecule has 0 saturated carbocycles. The molecule has 3 aliphatic heterocycles. The summed E-state index contributed by atoms with van der Waals surface area (Å²) in [6, 6.07) is 5.31. The van der Waals surface area contributed by atoms with Crippen molar-refractivity contribution >= 4 is 5.97 Å². The number of esters is 1. The Labute approximate surface area is 362 Å². The van der Waals surface area contributed by atoms with Gasteiger partial charge in [0.1, 0.15) is 24.0 Å². The average Bonchev–Trinajstić information content (AvgIpc) is 3.69. The fraction of sp³-hybridized carbons (Fsp3) is 0.818. The number of ether oxygens (including phenoxy) is 7. The smallest absolute Gasteiger partial charge is 0.311 e. The Morgan fingerprint density at radius 1 is 0.902 bits per heavy atom. The lowest BCUT2D eigenvalue weighted by Crippen LogP contribution is -2.61. The summed E-state index contributed by atoms with van der Waals surface area (Å²) in [4.78, 5) is 23.1. The van der Waals surface area contributed by atoms with Gasteiger partial charge >= 0.3 is 5.97 Å². The van der Waals surface area contributed by atoms with E-state index in [1.165, 1.54) is 0 Å². The van der Waals surface area contributed by atoms with E-state index in [9.17, 15) is 20.1 Å². The summed E-state index contributed by atoms with van der Waals surface area (Å²) in [5.74, 6) is -2.55. The molecule has 3 N–H and O–H groups in total. The molecule has 17 nitrogen and oxygen atoms in total. The molecule has 61 heavy (non-hydrogen) atoms. The van der Waals surface area contributed by atoms with Gasteiger partial charge in [-0.15, -0.1) is 5.10 Å². The van der Waals surface area contributed by atoms with Crippen molar-refractivity contribution in [2.24, 2.45) is 23.7 Å². The zero-order chi connectivity index (χ0) is 45.0. The molecule has 17 heteroatoms. The van der Waals surface area contributed by atoms with Crippen LogP contribution in [0.2, 0.25) is 0 Å². The molecule has 2 aromatic rings. The summed E-state index contributed by atoms with van der Waals surface area (Å²) in [6.07, 6.45) is -3.46. The number of hydrogen-bond donors (Lipinski definition) is 3. The third-order valence-corrected chi connectivity index (χ3v) is 13.4. The summed E-state index contributed by atoms with van der Waals surface area (Å²) in [5.41, 5.74) is -0.863. The van der Waals surface area contributed by atoms with Crippen molar-refractivity contribution in [2.45, 2.75) is 160 Å². The Balaban J connectivity index is 1.58. The minimum atomic E-state index is -1.10. The molecule has 2 aromatic heterocycles. The maximum absolute atomic E-state index is 14.7. The lowest BCUT2D eigenvalue weighted by Gasteiger charge is -2.49. The van der Waals surface area contributed by atoms with Crippen molar-refractivity contribution in [1.29, 1.82) is 0 Å². The van der Waals surface area contributed by atoms with E-state index < -0.39 is 84.3 Å². The van der Waals surface area contributed by atoms with Crippen molar-refractivity contribution < 1.29 is 53.3 Å². The minimum Gasteiger partial charge on any atom is -0.459 e. The third kappa shape index (κ3) is 11.7. The highest BCUT2D eigenvalue weighted by molar-refractivity contribution is 5.73. The molecule has 0 amide bonds. The summed E-state index contributed by atoms with van der Waals surface area (Å²) in [5, 5.41) is 43.4. The van der Waals surface area contributed by atoms with E-state index in [1.54, 1.807) is 52.1 Å². The van der Waals surface area contributed by atoms with Crippen LogP contribution >= 0.6 is 0 Å². The first kappa shape index (κ1) is 49.3. The standard InChI is InChI=1S/C44H74N6O11/c1-25-19-44(8,56-13)40(61-42-37(52)34(48(9)10)18-27(3)57-42)28(4)38(60-35-20-43(7,55-12)39(53)30(6)58-35)29(5)41(54)59-31(22-49(11)21-26(2)36(25)51)23-50-24-33(46-47-50)32-16-14-15-17-45-32/h14-17,24-31,34-40,42,51-53H,18-23H2,1-13H3/t25-,26-,27-,28+,29-,30+,31+,34+,35+,36+,37-,38+,39+,40-,42+,43-,44-/m1/s1. The Hall–Kier alpha value is -2.68. The van der Waals surface area contributed by atoms with Crippen molar-refractivity contribution in [1.82, 2.24) is 29.8 Å². The quantitative estimate of drug-likeness (QED) is 0.295. The second kappa shape index (κ2) is 20.9. The normalized spacial score (nSPS) is 41.5. The van der Waals surface area contributed by atoms with E-state index in [0.29, 0.717) is 37.3 Å². The molecule has 3 saturated heterocycles. The monoisotopic (exact) mass is 863 g/mol. The number of methoxy groups -OCH3 is 2. The van der Waals surface area contributed by atoms with Gasteiger partial charge in [-0.1, -0.05) is 32.1 Å². The predicted molar refractivity (Wildman–Crippen MR) is 226 cm³/mol. The molecular formula is C44H74N6O11. The number of pyridine rings is 1. The second-order valence-corrected chi connectivity index (χ2v) is 18.8. The molecule has 0 unspecified atom stereocenters. The number of aromatic nitrogens is 4. The van der Waals surface area contributed by atoms with Gasteiger partial charge in [-0.25, -0.2) is 4.68 Å². The first-order chi connectivity index (χ1) is 28.7. The number of aliphatic hydroxyl groups excluding tert-OH is 3. The van der Waals surface area contributed by atoms with E-state index in [0.717, 1.165) is 0 Å². The van der Waals surface area contributed by atoms with E-state index in [-0.39, 0.29) is 36.9 Å². The van der Waals surface area contributed by atoms with E-state index in [4.69, 9.17) is 33.2 Å². The predicted octanol–water partition coefficient (Wildman–Crippen LogP) is 3.00. The van der Waals surface area contributed by atoms with Gasteiger partial charge in [0.2, 0.25) is 0 Å². The maximum Gasteiger partial charge on any atom is 0.311 e. The zero-order valence-corrected chi connectivity index (χ0v) is 38.6. The largest absolute Gasteiger partial charge is 0.459 e. The zero-order valence-electron chi connectivity index (χ0n) is 38.6. The van der Waals surface area contributed by atoms with Crippen molar-refractivity contribution in [3.8, 4) is 11.4 Å². The minimum absolute atomic E-state index is 0.166. The SMILES string of the molecule is CO[C@]1(C)C[C@@H](C)[C@H](O)[C@H](C)CN(C)C[C@@H](Cn2cc(-c3ccccn3)nn2)OC(=O)[C@H](C)[C@@H](O[C@H]2C[C@@](C)(OC)[C@@H](O)[C@H](C)O2)[C@H](C)[C@H]1O[C@@H]1O[C@H](C)C[C@H](N(C)C)[C@H]1O. The Kier molecular flexibility index (Phi) is 16.9. The highest BCUT2D eigenvalue weighted by Gasteiger charge is 2.52. The Morgan fingerprint density at radius 3 is 2.25 bits per heavy atom. The fourth-order valence-electron chi connectivity index (χ4n) is 9.69. The molecule has 0 aromatic carbocycles. The first-order valence-corrected chi connectivity index (χ1v) is 21.8. The van der Waals surface area contributed by atoms with Gasteiger partial charge in [-0.05, 0) is 92.6 Å². The molecule has 0 bridgehead atoms. The third-order valence-electron chi connectivity index (χ3n) is 13.4. The summed E-state index contributed by atoms with van der Waals surface area (Å²) < 4.78 is 46.9. The Morgan fingerprint density at radius 2 is 1.61 bits per heavy atom. The topological polar surface area (TPSA) is 192 Å². The highest BCUT2D eigenvalue weighted by atomic mass is 16.7. The molecule has 346 valence electrons. The fourth-order valence-corrected chi connectivity index (χ4v) is 9.69. The lowest BCUT2D eigenvalue weighted by atomic mass is 9.75. The van der Waals surface area contributed by atoms with Gasteiger partial charge in [0.15, 0.2) is 12.6 Å². The van der Waals surface area contributed by atoms with Crippen LogP contribution in [-0.4, -0.2) is 178 Å². The second-order valence-electron chi connectivity index (χ2n) is 18.8. The van der Waals surface area contributed by atoms with Gasteiger partial charge in [-0.3, -0.25) is 9.78 Å². The molecule has 3 fully saturated rings. The molecule has 3 aliphatic rings. The highest BCUT2D eigenvalue weighted by Crippen LogP contribution is 2.41.